The Morgan fingerprint density at radius 1 is 1.34 bits per heavy atom. The molecule has 6 atom stereocenters. The third-order valence-electron chi connectivity index (χ3n) is 8.58. The number of hydrogen-bond donors (Lipinski definition) is 2. The number of nitrogens with one attached hydrogen (secondary N) is 1. The molecule has 4 rings (SSSR count). The fourth-order valence-corrected chi connectivity index (χ4v) is 7.78. The summed E-state index contributed by atoms with van der Waals surface area (Å²) in [4.78, 5) is 23.9. The number of piperazine rings is 1. The maximum Gasteiger partial charge on any atom is 0.225 e. The molecule has 1 saturated heterocycles. The molecule has 1 aromatic rings. The van der Waals surface area contributed by atoms with E-state index in [2.05, 4.69) is 45.0 Å². The van der Waals surface area contributed by atoms with Crippen molar-refractivity contribution in [1.29, 1.82) is 0 Å². The van der Waals surface area contributed by atoms with Crippen LogP contribution in [0.3, 0.4) is 0 Å². The molecule has 2 heterocycles. The van der Waals surface area contributed by atoms with E-state index < -0.39 is 6.10 Å². The van der Waals surface area contributed by atoms with Gasteiger partial charge in [-0.15, -0.1) is 11.3 Å². The van der Waals surface area contributed by atoms with Gasteiger partial charge in [-0.25, -0.2) is 4.98 Å². The fraction of sp³-hybridized carbons (Fsp3) is 0.840. The number of fused-ring (bicyclic) bond motifs is 2. The van der Waals surface area contributed by atoms with Crippen LogP contribution in [-0.4, -0.2) is 71.7 Å². The van der Waals surface area contributed by atoms with Crippen molar-refractivity contribution in [2.24, 2.45) is 23.2 Å². The lowest BCUT2D eigenvalue weighted by Crippen LogP contribution is -2.55. The number of rotatable bonds is 6. The highest BCUT2D eigenvalue weighted by atomic mass is 32.1. The zero-order valence-corrected chi connectivity index (χ0v) is 21.4. The summed E-state index contributed by atoms with van der Waals surface area (Å²) in [5, 5.41) is 16.2. The van der Waals surface area contributed by atoms with Gasteiger partial charge in [0, 0.05) is 49.4 Å². The van der Waals surface area contributed by atoms with Crippen LogP contribution in [0.25, 0.3) is 0 Å². The minimum absolute atomic E-state index is 0.0324. The van der Waals surface area contributed by atoms with Crippen molar-refractivity contribution < 1.29 is 9.90 Å². The number of aromatic nitrogens is 1. The number of carbonyl (C=O) groups excluding carboxylic acids is 1. The summed E-state index contributed by atoms with van der Waals surface area (Å²) >= 11 is 1.81. The Hall–Kier alpha value is -1.18. The molecular weight excluding hydrogens is 420 g/mol. The van der Waals surface area contributed by atoms with Gasteiger partial charge in [0.15, 0.2) is 5.13 Å². The number of nitrogens with zero attached hydrogens (tertiary/aromatic N) is 3. The predicted octanol–water partition coefficient (Wildman–Crippen LogP) is 3.82. The second-order valence-electron chi connectivity index (χ2n) is 10.9. The van der Waals surface area contributed by atoms with Crippen LogP contribution in [0, 0.1) is 23.2 Å². The molecule has 3 aliphatic rings. The third-order valence-corrected chi connectivity index (χ3v) is 9.60. The lowest BCUT2D eigenvalue weighted by molar-refractivity contribution is -0.146. The van der Waals surface area contributed by atoms with E-state index in [4.69, 9.17) is 4.98 Å². The number of hydrogen-bond acceptors (Lipinski definition) is 6. The molecular formula is C25H42N4O2S. The molecule has 0 aromatic carbocycles. The number of aliphatic hydroxyl groups excluding tert-OH is 1. The van der Waals surface area contributed by atoms with Gasteiger partial charge >= 0.3 is 0 Å². The van der Waals surface area contributed by atoms with Gasteiger partial charge in [-0.1, -0.05) is 34.1 Å². The van der Waals surface area contributed by atoms with Crippen LogP contribution in [0.4, 0.5) is 5.13 Å². The molecule has 1 aromatic heterocycles. The highest BCUT2D eigenvalue weighted by Crippen LogP contribution is 2.57. The molecule has 0 radical (unpaired) electrons. The highest BCUT2D eigenvalue weighted by molar-refractivity contribution is 7.15. The summed E-state index contributed by atoms with van der Waals surface area (Å²) in [6.45, 7) is 13.3. The lowest BCUT2D eigenvalue weighted by Gasteiger charge is -2.53. The largest absolute Gasteiger partial charge is 0.392 e. The van der Waals surface area contributed by atoms with Gasteiger partial charge in [-0.3, -0.25) is 4.79 Å². The van der Waals surface area contributed by atoms with Crippen LogP contribution >= 0.6 is 11.3 Å². The molecule has 1 amide bonds. The van der Waals surface area contributed by atoms with Crippen molar-refractivity contribution >= 4 is 22.4 Å². The molecule has 6 nitrogen and oxygen atoms in total. The van der Waals surface area contributed by atoms with Crippen LogP contribution in [0.1, 0.15) is 69.9 Å². The number of anilines is 1. The smallest absolute Gasteiger partial charge is 0.225 e. The topological polar surface area (TPSA) is 68.7 Å². The quantitative estimate of drug-likeness (QED) is 0.629. The molecule has 0 bridgehead atoms. The van der Waals surface area contributed by atoms with Crippen molar-refractivity contribution in [2.75, 3.05) is 45.1 Å². The Bertz CT molecular complexity index is 806. The van der Waals surface area contributed by atoms with E-state index >= 15 is 0 Å². The van der Waals surface area contributed by atoms with Crippen molar-refractivity contribution in [3.63, 3.8) is 0 Å². The van der Waals surface area contributed by atoms with Crippen molar-refractivity contribution in [3.8, 4) is 0 Å². The van der Waals surface area contributed by atoms with Crippen LogP contribution in [0.2, 0.25) is 0 Å². The molecule has 2 N–H and O–H groups in total. The molecule has 0 spiro atoms. The molecule has 2 fully saturated rings. The van der Waals surface area contributed by atoms with E-state index in [1.165, 1.54) is 17.0 Å². The molecule has 32 heavy (non-hydrogen) atoms. The molecule has 180 valence electrons. The predicted molar refractivity (Wildman–Crippen MR) is 131 cm³/mol. The summed E-state index contributed by atoms with van der Waals surface area (Å²) in [5.41, 5.74) is 1.25. The van der Waals surface area contributed by atoms with E-state index in [9.17, 15) is 9.90 Å². The maximum atomic E-state index is 13.3. The van der Waals surface area contributed by atoms with Gasteiger partial charge in [0.25, 0.3) is 0 Å². The van der Waals surface area contributed by atoms with Gasteiger partial charge in [-0.2, -0.15) is 0 Å². The summed E-state index contributed by atoms with van der Waals surface area (Å²) in [7, 11) is 2.11. The Kier molecular flexibility index (Phi) is 7.18. The molecule has 2 aliphatic carbocycles. The van der Waals surface area contributed by atoms with Gasteiger partial charge in [0.1, 0.15) is 0 Å². The molecule has 1 saturated carbocycles. The van der Waals surface area contributed by atoms with Crippen molar-refractivity contribution in [1.82, 2.24) is 14.8 Å². The third kappa shape index (κ3) is 4.45. The second-order valence-corrected chi connectivity index (χ2v) is 11.9. The number of aliphatic hydroxyl groups is 1. The standard InChI is InChI=1S/C25H42N4O2S/c1-6-7-10-26-24-27-21-17(3)20-22(30)18(8-9-25(20,4)15-19(21)32-24)16(2)23(31)29-13-11-28(5)12-14-29/h16-18,20,22,30H,6-15H2,1-5H3,(H,26,27)/t16-,17-,18+,20+,22-,25-/m0/s1. The van der Waals surface area contributed by atoms with E-state index in [1.807, 2.05) is 16.2 Å². The van der Waals surface area contributed by atoms with Gasteiger partial charge in [-0.05, 0) is 50.0 Å². The van der Waals surface area contributed by atoms with E-state index in [0.29, 0.717) is 0 Å². The average molecular weight is 463 g/mol. The van der Waals surface area contributed by atoms with E-state index in [-0.39, 0.29) is 35.0 Å². The number of unbranched alkanes of at least 4 members (excludes halogenated alkanes) is 1. The normalized spacial score (nSPS) is 34.0. The SMILES string of the molecule is CCCCNc1nc2c(s1)C[C@]1(C)CC[C@H]([C@H](C)C(=O)N3CCN(C)CC3)[C@H](O)[C@H]1[C@@H]2C. The average Bonchev–Trinajstić information content (AvgIpc) is 3.16. The minimum Gasteiger partial charge on any atom is -0.392 e. The molecule has 7 heteroatoms. The Balaban J connectivity index is 1.49. The van der Waals surface area contributed by atoms with Crippen LogP contribution < -0.4 is 5.32 Å². The number of thiazole rings is 1. The zero-order chi connectivity index (χ0) is 23.0. The first kappa shape index (κ1) is 24.0. The van der Waals surface area contributed by atoms with Gasteiger partial charge in [0.05, 0.1) is 11.8 Å². The first-order valence-corrected chi connectivity index (χ1v) is 13.5. The van der Waals surface area contributed by atoms with Crippen LogP contribution in [-0.2, 0) is 11.2 Å². The summed E-state index contributed by atoms with van der Waals surface area (Å²) in [6.07, 6.45) is 4.86. The highest BCUT2D eigenvalue weighted by Gasteiger charge is 2.54. The Morgan fingerprint density at radius 2 is 2.06 bits per heavy atom. The summed E-state index contributed by atoms with van der Waals surface area (Å²) in [6, 6.07) is 0. The summed E-state index contributed by atoms with van der Waals surface area (Å²) in [5.74, 6) is 0.497. The Morgan fingerprint density at radius 3 is 2.75 bits per heavy atom. The van der Waals surface area contributed by atoms with Gasteiger partial charge in [0.2, 0.25) is 5.91 Å². The van der Waals surface area contributed by atoms with Crippen LogP contribution in [0.15, 0.2) is 0 Å². The molecule has 0 unspecified atom stereocenters. The zero-order valence-electron chi connectivity index (χ0n) is 20.6. The second kappa shape index (κ2) is 9.59. The summed E-state index contributed by atoms with van der Waals surface area (Å²) < 4.78 is 0. The maximum absolute atomic E-state index is 13.3. The monoisotopic (exact) mass is 462 g/mol. The van der Waals surface area contributed by atoms with E-state index in [1.54, 1.807) is 0 Å². The fourth-order valence-electron chi connectivity index (χ4n) is 6.49. The number of likely N-dealkylation sites (N-methyl/N-ethyl adjacent to an activating group) is 1. The first-order chi connectivity index (χ1) is 15.2. The van der Waals surface area contributed by atoms with Crippen molar-refractivity contribution in [2.45, 2.75) is 71.8 Å². The lowest BCUT2D eigenvalue weighted by atomic mass is 9.53. The van der Waals surface area contributed by atoms with E-state index in [0.717, 1.165) is 63.5 Å². The first-order valence-electron chi connectivity index (χ1n) is 12.6. The van der Waals surface area contributed by atoms with Crippen LogP contribution in [0.5, 0.6) is 0 Å². The number of carbonyl (C=O) groups is 1. The Labute approximate surface area is 197 Å². The minimum atomic E-state index is -0.457. The number of amides is 1. The van der Waals surface area contributed by atoms with Gasteiger partial charge < -0.3 is 20.2 Å². The van der Waals surface area contributed by atoms with Crippen molar-refractivity contribution in [3.05, 3.63) is 10.6 Å². The molecule has 1 aliphatic heterocycles.